The van der Waals surface area contributed by atoms with Gasteiger partial charge in [-0.1, -0.05) is 24.0 Å². The molecule has 0 bridgehead atoms. The average molecular weight is 148 g/mol. The van der Waals surface area contributed by atoms with Crippen LogP contribution in [0, 0.1) is 23.7 Å². The van der Waals surface area contributed by atoms with E-state index in [9.17, 15) is 0 Å². The van der Waals surface area contributed by atoms with E-state index in [4.69, 9.17) is 5.11 Å². The molecule has 0 saturated heterocycles. The van der Waals surface area contributed by atoms with E-state index in [0.717, 1.165) is 12.8 Å². The van der Waals surface area contributed by atoms with Gasteiger partial charge in [0.15, 0.2) is 0 Å². The number of hydrogen-bond donors (Lipinski definition) is 1. The summed E-state index contributed by atoms with van der Waals surface area (Å²) in [5.41, 5.74) is 0. The van der Waals surface area contributed by atoms with Gasteiger partial charge in [-0.05, 0) is 25.2 Å². The first-order chi connectivity index (χ1) is 5.41. The molecule has 1 heteroatoms. The summed E-state index contributed by atoms with van der Waals surface area (Å²) in [5.74, 6) is 10.9. The smallest absolute Gasteiger partial charge is 0.0612 e. The van der Waals surface area contributed by atoms with Gasteiger partial charge < -0.3 is 5.11 Å². The fraction of sp³-hybridized carbons (Fsp3) is 0.400. The molecule has 58 valence electrons. The van der Waals surface area contributed by atoms with Gasteiger partial charge >= 0.3 is 0 Å². The van der Waals surface area contributed by atoms with E-state index >= 15 is 0 Å². The third-order valence-corrected chi connectivity index (χ3v) is 0.984. The summed E-state index contributed by atoms with van der Waals surface area (Å²) >= 11 is 0. The zero-order chi connectivity index (χ0) is 8.36. The molecule has 0 aliphatic rings. The van der Waals surface area contributed by atoms with Crippen LogP contribution >= 0.6 is 0 Å². The van der Waals surface area contributed by atoms with Crippen molar-refractivity contribution in [1.82, 2.24) is 0 Å². The quantitative estimate of drug-likeness (QED) is 0.364. The number of hydrogen-bond acceptors (Lipinski definition) is 1. The third kappa shape index (κ3) is 8.82. The first-order valence-electron chi connectivity index (χ1n) is 3.57. The lowest BCUT2D eigenvalue weighted by atomic mass is 10.3. The first-order valence-corrected chi connectivity index (χ1v) is 3.57. The van der Waals surface area contributed by atoms with Crippen LogP contribution in [0.15, 0.2) is 12.2 Å². The number of aliphatic hydroxyl groups excluding tert-OH is 1. The van der Waals surface area contributed by atoms with Gasteiger partial charge in [0.25, 0.3) is 0 Å². The fourth-order valence-electron chi connectivity index (χ4n) is 0.517. The Bertz CT molecular complexity index is 217. The zero-order valence-electron chi connectivity index (χ0n) is 6.72. The molecule has 0 aliphatic carbocycles. The second-order valence-electron chi connectivity index (χ2n) is 1.87. The highest BCUT2D eigenvalue weighted by atomic mass is 16.2. The van der Waals surface area contributed by atoms with Gasteiger partial charge in [0, 0.05) is 6.42 Å². The SMILES string of the molecule is CC#CC#CCC/C=C\CO. The Morgan fingerprint density at radius 3 is 2.73 bits per heavy atom. The highest BCUT2D eigenvalue weighted by Gasteiger charge is 1.73. The molecule has 0 fully saturated rings. The molecule has 1 nitrogen and oxygen atoms in total. The molecule has 0 saturated carbocycles. The summed E-state index contributed by atoms with van der Waals surface area (Å²) in [5, 5.41) is 8.36. The first kappa shape index (κ1) is 9.82. The van der Waals surface area contributed by atoms with Gasteiger partial charge in [-0.3, -0.25) is 0 Å². The molecule has 0 aromatic carbocycles. The zero-order valence-corrected chi connectivity index (χ0v) is 6.72. The van der Waals surface area contributed by atoms with Crippen LogP contribution in [-0.2, 0) is 0 Å². The van der Waals surface area contributed by atoms with E-state index < -0.39 is 0 Å². The Hall–Kier alpha value is -1.18. The van der Waals surface area contributed by atoms with Crippen LogP contribution in [0.5, 0.6) is 0 Å². The third-order valence-electron chi connectivity index (χ3n) is 0.984. The minimum atomic E-state index is 0.113. The van der Waals surface area contributed by atoms with E-state index in [0.29, 0.717) is 0 Å². The highest BCUT2D eigenvalue weighted by Crippen LogP contribution is 1.87. The minimum Gasteiger partial charge on any atom is -0.392 e. The predicted molar refractivity (Wildman–Crippen MR) is 46.7 cm³/mol. The van der Waals surface area contributed by atoms with Crippen LogP contribution in [0.3, 0.4) is 0 Å². The highest BCUT2D eigenvalue weighted by molar-refractivity contribution is 5.24. The fourth-order valence-corrected chi connectivity index (χ4v) is 0.517. The molecule has 0 rings (SSSR count). The number of allylic oxidation sites excluding steroid dienone is 1. The lowest BCUT2D eigenvalue weighted by molar-refractivity contribution is 0.342. The van der Waals surface area contributed by atoms with Crippen molar-refractivity contribution in [3.8, 4) is 23.7 Å². The molecule has 0 heterocycles. The minimum absolute atomic E-state index is 0.113. The molecule has 0 aromatic rings. The lowest BCUT2D eigenvalue weighted by Crippen LogP contribution is -1.71. The Balaban J connectivity index is 3.34. The van der Waals surface area contributed by atoms with Crippen LogP contribution in [0.4, 0.5) is 0 Å². The van der Waals surface area contributed by atoms with Gasteiger partial charge in [0.2, 0.25) is 0 Å². The Kier molecular flexibility index (Phi) is 7.87. The van der Waals surface area contributed by atoms with Crippen LogP contribution in [0.25, 0.3) is 0 Å². The molecule has 1 N–H and O–H groups in total. The summed E-state index contributed by atoms with van der Waals surface area (Å²) in [6, 6.07) is 0. The van der Waals surface area contributed by atoms with Crippen molar-refractivity contribution in [2.45, 2.75) is 19.8 Å². The number of unbranched alkanes of at least 4 members (excludes halogenated alkanes) is 1. The molecular weight excluding hydrogens is 136 g/mol. The van der Waals surface area contributed by atoms with Gasteiger partial charge in [0.05, 0.1) is 6.61 Å². The monoisotopic (exact) mass is 148 g/mol. The second-order valence-corrected chi connectivity index (χ2v) is 1.87. The van der Waals surface area contributed by atoms with Gasteiger partial charge in [-0.15, -0.1) is 0 Å². The van der Waals surface area contributed by atoms with E-state index in [1.165, 1.54) is 0 Å². The Morgan fingerprint density at radius 2 is 2.09 bits per heavy atom. The molecule has 11 heavy (non-hydrogen) atoms. The maximum atomic E-state index is 8.36. The van der Waals surface area contributed by atoms with E-state index in [-0.39, 0.29) is 6.61 Å². The van der Waals surface area contributed by atoms with Crippen LogP contribution < -0.4 is 0 Å². The van der Waals surface area contributed by atoms with E-state index in [2.05, 4.69) is 23.7 Å². The van der Waals surface area contributed by atoms with Gasteiger partial charge in [0.1, 0.15) is 0 Å². The van der Waals surface area contributed by atoms with Gasteiger partial charge in [-0.25, -0.2) is 0 Å². The second kappa shape index (κ2) is 8.82. The maximum Gasteiger partial charge on any atom is 0.0612 e. The average Bonchev–Trinajstić information content (AvgIpc) is 2.03. The van der Waals surface area contributed by atoms with Crippen molar-refractivity contribution >= 4 is 0 Å². The summed E-state index contributed by atoms with van der Waals surface area (Å²) in [6.07, 6.45) is 5.32. The summed E-state index contributed by atoms with van der Waals surface area (Å²) in [7, 11) is 0. The van der Waals surface area contributed by atoms with Crippen molar-refractivity contribution in [1.29, 1.82) is 0 Å². The Labute approximate surface area is 68.1 Å². The van der Waals surface area contributed by atoms with Crippen LogP contribution in [0.1, 0.15) is 19.8 Å². The molecule has 0 spiro atoms. The van der Waals surface area contributed by atoms with Crippen molar-refractivity contribution < 1.29 is 5.11 Å². The topological polar surface area (TPSA) is 20.2 Å². The summed E-state index contributed by atoms with van der Waals surface area (Å²) < 4.78 is 0. The Morgan fingerprint density at radius 1 is 1.27 bits per heavy atom. The number of aliphatic hydroxyl groups is 1. The maximum absolute atomic E-state index is 8.36. The predicted octanol–water partition coefficient (Wildman–Crippen LogP) is 1.34. The summed E-state index contributed by atoms with van der Waals surface area (Å²) in [6.45, 7) is 1.88. The van der Waals surface area contributed by atoms with Crippen molar-refractivity contribution in [2.75, 3.05) is 6.61 Å². The lowest BCUT2D eigenvalue weighted by Gasteiger charge is -1.80. The van der Waals surface area contributed by atoms with E-state index in [1.54, 1.807) is 13.0 Å². The molecule has 0 aliphatic heterocycles. The molecule has 0 radical (unpaired) electrons. The van der Waals surface area contributed by atoms with Crippen molar-refractivity contribution in [3.63, 3.8) is 0 Å². The van der Waals surface area contributed by atoms with E-state index in [1.807, 2.05) is 6.08 Å². The standard InChI is InChI=1S/C10H12O/c1-2-3-4-5-6-7-8-9-10-11/h8-9,11H,6-7,10H2,1H3/b9-8-. The van der Waals surface area contributed by atoms with Crippen LogP contribution in [-0.4, -0.2) is 11.7 Å². The van der Waals surface area contributed by atoms with Crippen molar-refractivity contribution in [2.24, 2.45) is 0 Å². The molecular formula is C10H12O. The molecule has 0 aromatic heterocycles. The molecule has 0 amide bonds. The molecule has 0 atom stereocenters. The van der Waals surface area contributed by atoms with Gasteiger partial charge in [-0.2, -0.15) is 0 Å². The number of rotatable bonds is 3. The molecule has 0 unspecified atom stereocenters. The largest absolute Gasteiger partial charge is 0.392 e. The van der Waals surface area contributed by atoms with Crippen molar-refractivity contribution in [3.05, 3.63) is 12.2 Å². The normalized spacial score (nSPS) is 8.18. The van der Waals surface area contributed by atoms with Crippen LogP contribution in [0.2, 0.25) is 0 Å². The summed E-state index contributed by atoms with van der Waals surface area (Å²) in [4.78, 5) is 0.